The summed E-state index contributed by atoms with van der Waals surface area (Å²) in [7, 11) is 1.53. The third-order valence-corrected chi connectivity index (χ3v) is 5.71. The van der Waals surface area contributed by atoms with Gasteiger partial charge in [0.05, 0.1) is 23.0 Å². The van der Waals surface area contributed by atoms with Gasteiger partial charge in [0.25, 0.3) is 5.91 Å². The molecule has 184 valence electrons. The minimum atomic E-state index is -0.553. The van der Waals surface area contributed by atoms with Crippen molar-refractivity contribution in [2.75, 3.05) is 32.1 Å². The normalized spacial score (nSPS) is 10.8. The molecule has 0 aliphatic carbocycles. The summed E-state index contributed by atoms with van der Waals surface area (Å²) in [6.45, 7) is 0.288. The zero-order valence-electron chi connectivity index (χ0n) is 19.5. The molecule has 0 aliphatic rings. The first-order valence-electron chi connectivity index (χ1n) is 11.2. The first kappa shape index (κ1) is 25.1. The van der Waals surface area contributed by atoms with Crippen LogP contribution in [0.5, 0.6) is 0 Å². The predicted molar refractivity (Wildman–Crippen MR) is 137 cm³/mol. The van der Waals surface area contributed by atoms with Crippen molar-refractivity contribution >= 4 is 29.4 Å². The van der Waals surface area contributed by atoms with Gasteiger partial charge in [-0.3, -0.25) is 19.5 Å². The summed E-state index contributed by atoms with van der Waals surface area (Å²) >= 11 is 6.00. The zero-order valence-corrected chi connectivity index (χ0v) is 20.3. The van der Waals surface area contributed by atoms with Crippen LogP contribution in [0.1, 0.15) is 10.4 Å². The molecule has 1 heterocycles. The first-order chi connectivity index (χ1) is 17.5. The number of benzene rings is 3. The van der Waals surface area contributed by atoms with Crippen molar-refractivity contribution < 1.29 is 18.7 Å². The highest BCUT2D eigenvalue weighted by Crippen LogP contribution is 2.26. The molecule has 2 amide bonds. The van der Waals surface area contributed by atoms with Gasteiger partial charge in [-0.25, -0.2) is 9.37 Å². The molecule has 0 radical (unpaired) electrons. The van der Waals surface area contributed by atoms with E-state index in [1.165, 1.54) is 30.2 Å². The Bertz CT molecular complexity index is 1350. The number of methoxy groups -OCH3 is 1. The first-order valence-corrected chi connectivity index (χ1v) is 11.6. The van der Waals surface area contributed by atoms with Crippen molar-refractivity contribution in [1.82, 2.24) is 14.5 Å². The number of amides is 2. The summed E-state index contributed by atoms with van der Waals surface area (Å²) in [6, 6.07) is 22.4. The number of aromatic nitrogens is 2. The van der Waals surface area contributed by atoms with E-state index in [-0.39, 0.29) is 36.6 Å². The van der Waals surface area contributed by atoms with Gasteiger partial charge in [-0.15, -0.1) is 0 Å². The van der Waals surface area contributed by atoms with Crippen LogP contribution in [-0.2, 0) is 9.53 Å². The van der Waals surface area contributed by atoms with E-state index in [1.54, 1.807) is 35.0 Å². The van der Waals surface area contributed by atoms with Crippen LogP contribution in [0, 0.1) is 5.82 Å². The summed E-state index contributed by atoms with van der Waals surface area (Å²) in [6.07, 6.45) is 1.73. The van der Waals surface area contributed by atoms with Gasteiger partial charge in [-0.2, -0.15) is 0 Å². The summed E-state index contributed by atoms with van der Waals surface area (Å²) in [5, 5.41) is 2.73. The van der Waals surface area contributed by atoms with E-state index in [9.17, 15) is 14.0 Å². The molecule has 0 spiro atoms. The summed E-state index contributed by atoms with van der Waals surface area (Å²) in [5.74, 6) is -1.08. The average Bonchev–Trinajstić information content (AvgIpc) is 3.32. The molecule has 7 nitrogen and oxygen atoms in total. The van der Waals surface area contributed by atoms with Gasteiger partial charge in [-0.1, -0.05) is 60.1 Å². The van der Waals surface area contributed by atoms with E-state index in [0.29, 0.717) is 16.9 Å². The Morgan fingerprint density at radius 2 is 1.75 bits per heavy atom. The van der Waals surface area contributed by atoms with Gasteiger partial charge in [-0.05, 0) is 30.3 Å². The van der Waals surface area contributed by atoms with E-state index in [4.69, 9.17) is 16.3 Å². The third-order valence-electron chi connectivity index (χ3n) is 5.42. The van der Waals surface area contributed by atoms with Crippen molar-refractivity contribution in [3.05, 3.63) is 101 Å². The fourth-order valence-corrected chi connectivity index (χ4v) is 3.78. The molecule has 4 aromatic rings. The fraction of sp³-hybridized carbons (Fsp3) is 0.148. The van der Waals surface area contributed by atoms with Crippen LogP contribution in [0.15, 0.2) is 85.1 Å². The SMILES string of the molecule is COCCN(CC(=O)Nc1nc(-c2ccccc2)cn1-c1ccc(F)c(Cl)c1)C(=O)c1ccccc1. The number of hydrogen-bond donors (Lipinski definition) is 1. The number of nitrogens with one attached hydrogen (secondary N) is 1. The Morgan fingerprint density at radius 1 is 1.06 bits per heavy atom. The molecular formula is C27H24ClFN4O3. The van der Waals surface area contributed by atoms with Crippen molar-refractivity contribution in [3.8, 4) is 16.9 Å². The van der Waals surface area contributed by atoms with Crippen LogP contribution in [-0.4, -0.2) is 53.1 Å². The molecule has 0 unspecified atom stereocenters. The van der Waals surface area contributed by atoms with Crippen LogP contribution in [0.2, 0.25) is 5.02 Å². The number of imidazole rings is 1. The molecule has 9 heteroatoms. The van der Waals surface area contributed by atoms with E-state index in [1.807, 2.05) is 36.4 Å². The molecule has 1 N–H and O–H groups in total. The molecule has 0 saturated heterocycles. The second kappa shape index (κ2) is 11.6. The molecule has 36 heavy (non-hydrogen) atoms. The number of nitrogens with zero attached hydrogens (tertiary/aromatic N) is 3. The zero-order chi connectivity index (χ0) is 25.5. The van der Waals surface area contributed by atoms with Gasteiger partial charge in [0.2, 0.25) is 11.9 Å². The number of rotatable bonds is 9. The highest BCUT2D eigenvalue weighted by molar-refractivity contribution is 6.30. The Labute approximate surface area is 213 Å². The Kier molecular flexibility index (Phi) is 8.10. The van der Waals surface area contributed by atoms with Crippen molar-refractivity contribution in [2.45, 2.75) is 0 Å². The molecule has 3 aromatic carbocycles. The molecule has 0 atom stereocenters. The van der Waals surface area contributed by atoms with Crippen molar-refractivity contribution in [3.63, 3.8) is 0 Å². The molecule has 0 fully saturated rings. The van der Waals surface area contributed by atoms with Gasteiger partial charge in [0, 0.05) is 31.0 Å². The Hall–Kier alpha value is -4.01. The summed E-state index contributed by atoms with van der Waals surface area (Å²) < 4.78 is 20.5. The second-order valence-electron chi connectivity index (χ2n) is 7.92. The highest BCUT2D eigenvalue weighted by atomic mass is 35.5. The quantitative estimate of drug-likeness (QED) is 0.344. The van der Waals surface area contributed by atoms with Gasteiger partial charge in [0.1, 0.15) is 12.4 Å². The standard InChI is InChI=1S/C27H24ClFN4O3/c1-36-15-14-32(26(35)20-10-6-3-7-11-20)18-25(34)31-27-30-24(19-8-4-2-5-9-19)17-33(27)21-12-13-23(29)22(28)16-21/h2-13,16-17H,14-15,18H2,1H3,(H,30,31,34). The van der Waals surface area contributed by atoms with Crippen molar-refractivity contribution in [1.29, 1.82) is 0 Å². The predicted octanol–water partition coefficient (Wildman–Crippen LogP) is 5.06. The van der Waals surface area contributed by atoms with Gasteiger partial charge >= 0.3 is 0 Å². The number of halogens is 2. The topological polar surface area (TPSA) is 76.5 Å². The van der Waals surface area contributed by atoms with Crippen LogP contribution in [0.25, 0.3) is 16.9 Å². The lowest BCUT2D eigenvalue weighted by atomic mass is 10.2. The van der Waals surface area contributed by atoms with Gasteiger partial charge in [0.15, 0.2) is 0 Å². The van der Waals surface area contributed by atoms with E-state index >= 15 is 0 Å². The Balaban J connectivity index is 1.62. The second-order valence-corrected chi connectivity index (χ2v) is 8.33. The summed E-state index contributed by atoms with van der Waals surface area (Å²) in [5.41, 5.74) is 2.42. The van der Waals surface area contributed by atoms with E-state index in [0.717, 1.165) is 5.56 Å². The summed E-state index contributed by atoms with van der Waals surface area (Å²) in [4.78, 5) is 32.1. The number of carbonyl (C=O) groups excluding carboxylic acids is 2. The minimum absolute atomic E-state index is 0.0565. The van der Waals surface area contributed by atoms with Crippen LogP contribution < -0.4 is 5.32 Å². The van der Waals surface area contributed by atoms with Crippen LogP contribution >= 0.6 is 11.6 Å². The lowest BCUT2D eigenvalue weighted by Gasteiger charge is -2.22. The average molecular weight is 507 g/mol. The molecule has 0 bridgehead atoms. The smallest absolute Gasteiger partial charge is 0.254 e. The molecule has 0 aliphatic heterocycles. The molecule has 0 saturated carbocycles. The molecule has 4 rings (SSSR count). The monoisotopic (exact) mass is 506 g/mol. The lowest BCUT2D eigenvalue weighted by Crippen LogP contribution is -2.40. The van der Waals surface area contributed by atoms with Gasteiger partial charge < -0.3 is 9.64 Å². The minimum Gasteiger partial charge on any atom is -0.383 e. The highest BCUT2D eigenvalue weighted by Gasteiger charge is 2.21. The van der Waals surface area contributed by atoms with Crippen molar-refractivity contribution in [2.24, 2.45) is 0 Å². The number of anilines is 1. The number of ether oxygens (including phenoxy) is 1. The van der Waals surface area contributed by atoms with Crippen LogP contribution in [0.3, 0.4) is 0 Å². The molecular weight excluding hydrogens is 483 g/mol. The van der Waals surface area contributed by atoms with Crippen LogP contribution in [0.4, 0.5) is 10.3 Å². The van der Waals surface area contributed by atoms with E-state index < -0.39 is 11.7 Å². The number of carbonyl (C=O) groups is 2. The molecule has 1 aromatic heterocycles. The largest absolute Gasteiger partial charge is 0.383 e. The lowest BCUT2D eigenvalue weighted by molar-refractivity contribution is -0.117. The van der Waals surface area contributed by atoms with E-state index in [2.05, 4.69) is 10.3 Å². The Morgan fingerprint density at radius 3 is 2.42 bits per heavy atom. The number of hydrogen-bond acceptors (Lipinski definition) is 4. The maximum Gasteiger partial charge on any atom is 0.254 e. The maximum atomic E-state index is 13.8. The third kappa shape index (κ3) is 5.97. The maximum absolute atomic E-state index is 13.8. The fourth-order valence-electron chi connectivity index (χ4n) is 3.60.